The van der Waals surface area contributed by atoms with Crippen molar-refractivity contribution in [1.82, 2.24) is 15.5 Å². The fraction of sp³-hybridized carbons (Fsp3) is 0.818. The summed E-state index contributed by atoms with van der Waals surface area (Å²) in [6, 6.07) is 0.987. The first-order chi connectivity index (χ1) is 7.62. The van der Waals surface area contributed by atoms with Crippen LogP contribution in [0.4, 0.5) is 6.01 Å². The summed E-state index contributed by atoms with van der Waals surface area (Å²) < 4.78 is 5.48. The van der Waals surface area contributed by atoms with Crippen molar-refractivity contribution in [2.24, 2.45) is 5.41 Å². The van der Waals surface area contributed by atoms with E-state index in [1.807, 2.05) is 7.05 Å². The zero-order valence-electron chi connectivity index (χ0n) is 10.2. The van der Waals surface area contributed by atoms with Crippen LogP contribution in [0, 0.1) is 5.41 Å². The summed E-state index contributed by atoms with van der Waals surface area (Å²) in [4.78, 5) is 0. The Balaban J connectivity index is 1.98. The van der Waals surface area contributed by atoms with Crippen LogP contribution in [0.25, 0.3) is 0 Å². The van der Waals surface area contributed by atoms with Gasteiger partial charge in [-0.25, -0.2) is 0 Å². The molecular formula is C11H20N4O. The number of hydrogen-bond acceptors (Lipinski definition) is 5. The van der Waals surface area contributed by atoms with Crippen LogP contribution in [-0.4, -0.2) is 23.3 Å². The molecule has 0 aliphatic heterocycles. The van der Waals surface area contributed by atoms with Gasteiger partial charge in [0, 0.05) is 6.04 Å². The SMILES string of the molecule is CNCc1nnc(NC2CCCC2(C)C)o1. The minimum atomic E-state index is 0.317. The number of hydrogen-bond donors (Lipinski definition) is 2. The second-order valence-corrected chi connectivity index (χ2v) is 5.11. The van der Waals surface area contributed by atoms with Gasteiger partial charge in [-0.2, -0.15) is 0 Å². The molecule has 1 aliphatic rings. The average molecular weight is 224 g/mol. The molecule has 1 unspecified atom stereocenters. The maximum absolute atomic E-state index is 5.48. The Bertz CT molecular complexity index is 348. The molecular weight excluding hydrogens is 204 g/mol. The zero-order valence-corrected chi connectivity index (χ0v) is 10.2. The van der Waals surface area contributed by atoms with Crippen molar-refractivity contribution in [1.29, 1.82) is 0 Å². The monoisotopic (exact) mass is 224 g/mol. The van der Waals surface area contributed by atoms with Crippen molar-refractivity contribution in [2.75, 3.05) is 12.4 Å². The van der Waals surface area contributed by atoms with Gasteiger partial charge in [0.05, 0.1) is 6.54 Å². The van der Waals surface area contributed by atoms with Gasteiger partial charge in [-0.05, 0) is 25.3 Å². The lowest BCUT2D eigenvalue weighted by Gasteiger charge is -2.26. The van der Waals surface area contributed by atoms with Gasteiger partial charge in [0.15, 0.2) is 0 Å². The molecule has 2 N–H and O–H groups in total. The highest BCUT2D eigenvalue weighted by Crippen LogP contribution is 2.38. The molecule has 1 aliphatic carbocycles. The van der Waals surface area contributed by atoms with Crippen molar-refractivity contribution in [3.63, 3.8) is 0 Å². The van der Waals surface area contributed by atoms with E-state index in [9.17, 15) is 0 Å². The number of aromatic nitrogens is 2. The van der Waals surface area contributed by atoms with Gasteiger partial charge in [-0.15, -0.1) is 5.10 Å². The van der Waals surface area contributed by atoms with Gasteiger partial charge in [-0.1, -0.05) is 25.4 Å². The maximum atomic E-state index is 5.48. The van der Waals surface area contributed by atoms with Crippen molar-refractivity contribution in [3.8, 4) is 0 Å². The fourth-order valence-corrected chi connectivity index (χ4v) is 2.28. The minimum absolute atomic E-state index is 0.317. The summed E-state index contributed by atoms with van der Waals surface area (Å²) in [6.45, 7) is 5.17. The summed E-state index contributed by atoms with van der Waals surface area (Å²) in [5, 5.41) is 14.3. The molecule has 0 bridgehead atoms. The molecule has 90 valence electrons. The molecule has 1 heterocycles. The lowest BCUT2D eigenvalue weighted by atomic mass is 9.87. The Labute approximate surface area is 96.0 Å². The van der Waals surface area contributed by atoms with Gasteiger partial charge in [0.25, 0.3) is 0 Å². The molecule has 0 spiro atoms. The normalized spacial score (nSPS) is 23.6. The van der Waals surface area contributed by atoms with E-state index in [0.29, 0.717) is 29.9 Å². The molecule has 0 aromatic carbocycles. The molecule has 1 saturated carbocycles. The van der Waals surface area contributed by atoms with Gasteiger partial charge in [-0.3, -0.25) is 0 Å². The predicted molar refractivity (Wildman–Crippen MR) is 62.1 cm³/mol. The molecule has 2 rings (SSSR count). The quantitative estimate of drug-likeness (QED) is 0.816. The summed E-state index contributed by atoms with van der Waals surface area (Å²) in [7, 11) is 1.86. The second kappa shape index (κ2) is 4.41. The predicted octanol–water partition coefficient (Wildman–Crippen LogP) is 1.78. The summed E-state index contributed by atoms with van der Waals surface area (Å²) in [5.74, 6) is 0.626. The van der Waals surface area contributed by atoms with E-state index in [1.165, 1.54) is 19.3 Å². The van der Waals surface area contributed by atoms with E-state index in [2.05, 4.69) is 34.7 Å². The minimum Gasteiger partial charge on any atom is -0.407 e. The Morgan fingerprint density at radius 2 is 2.25 bits per heavy atom. The van der Waals surface area contributed by atoms with Gasteiger partial charge in [0.2, 0.25) is 5.89 Å². The summed E-state index contributed by atoms with van der Waals surface area (Å²) in [5.41, 5.74) is 0.317. The lowest BCUT2D eigenvalue weighted by molar-refractivity contribution is 0.342. The van der Waals surface area contributed by atoms with Crippen LogP contribution in [-0.2, 0) is 6.54 Å². The molecule has 1 atom stereocenters. The van der Waals surface area contributed by atoms with Crippen LogP contribution >= 0.6 is 0 Å². The number of anilines is 1. The first kappa shape index (κ1) is 11.4. The summed E-state index contributed by atoms with van der Waals surface area (Å²) in [6.07, 6.45) is 3.70. The van der Waals surface area contributed by atoms with Gasteiger partial charge >= 0.3 is 6.01 Å². The molecule has 0 radical (unpaired) electrons. The highest BCUT2D eigenvalue weighted by Gasteiger charge is 2.35. The van der Waals surface area contributed by atoms with Crippen LogP contribution in [0.1, 0.15) is 39.0 Å². The van der Waals surface area contributed by atoms with Gasteiger partial charge < -0.3 is 15.1 Å². The van der Waals surface area contributed by atoms with E-state index in [4.69, 9.17) is 4.42 Å². The number of rotatable bonds is 4. The Hall–Kier alpha value is -1.10. The third-order valence-electron chi connectivity index (χ3n) is 3.35. The van der Waals surface area contributed by atoms with Crippen LogP contribution in [0.3, 0.4) is 0 Å². The van der Waals surface area contributed by atoms with Crippen LogP contribution < -0.4 is 10.6 Å². The smallest absolute Gasteiger partial charge is 0.315 e. The first-order valence-corrected chi connectivity index (χ1v) is 5.85. The molecule has 0 saturated heterocycles. The molecule has 1 aromatic heterocycles. The third kappa shape index (κ3) is 2.35. The number of nitrogens with one attached hydrogen (secondary N) is 2. The molecule has 16 heavy (non-hydrogen) atoms. The van der Waals surface area contributed by atoms with Crippen molar-refractivity contribution in [2.45, 2.75) is 45.7 Å². The van der Waals surface area contributed by atoms with Crippen molar-refractivity contribution in [3.05, 3.63) is 5.89 Å². The fourth-order valence-electron chi connectivity index (χ4n) is 2.28. The Morgan fingerprint density at radius 1 is 1.44 bits per heavy atom. The van der Waals surface area contributed by atoms with E-state index >= 15 is 0 Å². The Kier molecular flexibility index (Phi) is 3.14. The van der Waals surface area contributed by atoms with E-state index < -0.39 is 0 Å². The topological polar surface area (TPSA) is 63.0 Å². The molecule has 5 nitrogen and oxygen atoms in total. The maximum Gasteiger partial charge on any atom is 0.315 e. The van der Waals surface area contributed by atoms with Crippen molar-refractivity contribution < 1.29 is 4.42 Å². The van der Waals surface area contributed by atoms with E-state index in [1.54, 1.807) is 0 Å². The molecule has 1 aromatic rings. The van der Waals surface area contributed by atoms with Crippen LogP contribution in [0.5, 0.6) is 0 Å². The number of nitrogens with zero attached hydrogens (tertiary/aromatic N) is 2. The largest absolute Gasteiger partial charge is 0.407 e. The Morgan fingerprint density at radius 3 is 2.88 bits per heavy atom. The van der Waals surface area contributed by atoms with Gasteiger partial charge in [0.1, 0.15) is 0 Å². The second-order valence-electron chi connectivity index (χ2n) is 5.11. The highest BCUT2D eigenvalue weighted by molar-refractivity contribution is 5.22. The lowest BCUT2D eigenvalue weighted by Crippen LogP contribution is -2.30. The standard InChI is InChI=1S/C11H20N4O/c1-11(2)6-4-5-8(11)13-10-15-14-9(16-10)7-12-3/h8,12H,4-7H2,1-3H3,(H,13,15). The van der Waals surface area contributed by atoms with Crippen LogP contribution in [0.2, 0.25) is 0 Å². The van der Waals surface area contributed by atoms with E-state index in [-0.39, 0.29) is 0 Å². The zero-order chi connectivity index (χ0) is 11.6. The molecule has 5 heteroatoms. The highest BCUT2D eigenvalue weighted by atomic mass is 16.4. The summed E-state index contributed by atoms with van der Waals surface area (Å²) >= 11 is 0. The van der Waals surface area contributed by atoms with Crippen molar-refractivity contribution >= 4 is 6.01 Å². The molecule has 0 amide bonds. The first-order valence-electron chi connectivity index (χ1n) is 5.85. The third-order valence-corrected chi connectivity index (χ3v) is 3.35. The molecule has 1 fully saturated rings. The average Bonchev–Trinajstić information content (AvgIpc) is 2.76. The van der Waals surface area contributed by atoms with Crippen LogP contribution in [0.15, 0.2) is 4.42 Å². The van der Waals surface area contributed by atoms with E-state index in [0.717, 1.165) is 0 Å².